The minimum Gasteiger partial charge on any atom is -0.162 e. The van der Waals surface area contributed by atoms with Gasteiger partial charge in [0.2, 0.25) is 0 Å². The van der Waals surface area contributed by atoms with Crippen LogP contribution in [0.1, 0.15) is 45.4 Å². The molecule has 1 heteroatoms. The van der Waals surface area contributed by atoms with Crippen molar-refractivity contribution >= 4 is 11.8 Å². The molecule has 0 amide bonds. The van der Waals surface area contributed by atoms with Crippen LogP contribution >= 0.6 is 11.8 Å². The molecule has 1 saturated carbocycles. The number of hydrogen-bond acceptors (Lipinski definition) is 1. The number of hydrogen-bond donors (Lipinski definition) is 0. The molecule has 0 aromatic carbocycles. The average Bonchev–Trinajstić information content (AvgIpc) is 2.07. The Balaban J connectivity index is 1.96. The van der Waals surface area contributed by atoms with E-state index in [-0.39, 0.29) is 0 Å². The van der Waals surface area contributed by atoms with Gasteiger partial charge in [0.25, 0.3) is 0 Å². The van der Waals surface area contributed by atoms with E-state index in [0.717, 1.165) is 5.92 Å². The highest BCUT2D eigenvalue weighted by Gasteiger charge is 2.12. The lowest BCUT2D eigenvalue weighted by Crippen LogP contribution is -2.08. The van der Waals surface area contributed by atoms with Crippen molar-refractivity contribution in [1.29, 1.82) is 0 Å². The van der Waals surface area contributed by atoms with Crippen molar-refractivity contribution in [2.75, 3.05) is 11.5 Å². The van der Waals surface area contributed by atoms with Gasteiger partial charge in [-0.1, -0.05) is 26.2 Å². The van der Waals surface area contributed by atoms with E-state index >= 15 is 0 Å². The van der Waals surface area contributed by atoms with Gasteiger partial charge in [0.15, 0.2) is 0 Å². The Morgan fingerprint density at radius 3 is 2.55 bits per heavy atom. The summed E-state index contributed by atoms with van der Waals surface area (Å²) in [4.78, 5) is 0. The fourth-order valence-electron chi connectivity index (χ4n) is 1.75. The van der Waals surface area contributed by atoms with E-state index in [4.69, 9.17) is 0 Å². The van der Waals surface area contributed by atoms with Crippen LogP contribution in [-0.2, 0) is 0 Å². The van der Waals surface area contributed by atoms with E-state index in [1.165, 1.54) is 50.0 Å². The van der Waals surface area contributed by atoms with Gasteiger partial charge >= 0.3 is 0 Å². The fourth-order valence-corrected chi connectivity index (χ4v) is 2.87. The normalized spacial score (nSPS) is 20.5. The molecule has 0 unspecified atom stereocenters. The van der Waals surface area contributed by atoms with Crippen molar-refractivity contribution in [3.63, 3.8) is 0 Å². The summed E-state index contributed by atoms with van der Waals surface area (Å²) in [5.41, 5.74) is 0. The van der Waals surface area contributed by atoms with Crippen LogP contribution in [0.4, 0.5) is 0 Å². The Bertz CT molecular complexity index is 84.9. The minimum absolute atomic E-state index is 1.07. The molecule has 1 fully saturated rings. The van der Waals surface area contributed by atoms with Crippen LogP contribution < -0.4 is 0 Å². The van der Waals surface area contributed by atoms with Crippen LogP contribution in [0.2, 0.25) is 0 Å². The summed E-state index contributed by atoms with van der Waals surface area (Å²) in [5, 5.41) is 0. The Morgan fingerprint density at radius 1 is 1.18 bits per heavy atom. The van der Waals surface area contributed by atoms with Crippen LogP contribution in [0.3, 0.4) is 0 Å². The molecule has 0 aromatic heterocycles. The first-order valence-electron chi connectivity index (χ1n) is 5.01. The predicted octanol–water partition coefficient (Wildman–Crippen LogP) is 3.71. The van der Waals surface area contributed by atoms with E-state index in [9.17, 15) is 0 Å². The number of thioether (sulfide) groups is 1. The Kier molecular flexibility index (Phi) is 5.09. The van der Waals surface area contributed by atoms with Crippen LogP contribution in [-0.4, -0.2) is 11.5 Å². The molecular weight excluding hydrogens is 152 g/mol. The maximum atomic E-state index is 2.27. The molecule has 1 aliphatic carbocycles. The number of rotatable bonds is 4. The lowest BCUT2D eigenvalue weighted by Gasteiger charge is -2.20. The third-order valence-electron chi connectivity index (χ3n) is 2.43. The van der Waals surface area contributed by atoms with Gasteiger partial charge in [-0.2, -0.15) is 11.8 Å². The van der Waals surface area contributed by atoms with Crippen molar-refractivity contribution in [3.8, 4) is 0 Å². The van der Waals surface area contributed by atoms with Crippen LogP contribution in [0.25, 0.3) is 0 Å². The maximum absolute atomic E-state index is 2.27. The molecule has 11 heavy (non-hydrogen) atoms. The maximum Gasteiger partial charge on any atom is -0.00391 e. The molecule has 0 nitrogen and oxygen atoms in total. The molecule has 66 valence electrons. The summed E-state index contributed by atoms with van der Waals surface area (Å²) < 4.78 is 0. The SMILES string of the molecule is CCCSCC1CCCCC1. The lowest BCUT2D eigenvalue weighted by molar-refractivity contribution is 0.391. The molecule has 1 rings (SSSR count). The van der Waals surface area contributed by atoms with Gasteiger partial charge in [-0.3, -0.25) is 0 Å². The highest BCUT2D eigenvalue weighted by Crippen LogP contribution is 2.26. The molecule has 1 aliphatic rings. The monoisotopic (exact) mass is 172 g/mol. The molecule has 0 aliphatic heterocycles. The quantitative estimate of drug-likeness (QED) is 0.583. The lowest BCUT2D eigenvalue weighted by atomic mass is 9.91. The summed E-state index contributed by atoms with van der Waals surface area (Å²) in [6, 6.07) is 0. The summed E-state index contributed by atoms with van der Waals surface area (Å²) >= 11 is 2.16. The molecular formula is C10H20S. The highest BCUT2D eigenvalue weighted by atomic mass is 32.2. The van der Waals surface area contributed by atoms with Crippen LogP contribution in [0.15, 0.2) is 0 Å². The third kappa shape index (κ3) is 4.05. The Hall–Kier alpha value is 0.350. The summed E-state index contributed by atoms with van der Waals surface area (Å²) in [6.45, 7) is 2.27. The van der Waals surface area contributed by atoms with Crippen molar-refractivity contribution in [2.24, 2.45) is 5.92 Å². The molecule has 0 N–H and O–H groups in total. The average molecular weight is 172 g/mol. The minimum atomic E-state index is 1.07. The first-order valence-corrected chi connectivity index (χ1v) is 6.16. The summed E-state index contributed by atoms with van der Waals surface area (Å²) in [6.07, 6.45) is 8.86. The summed E-state index contributed by atoms with van der Waals surface area (Å²) in [5.74, 6) is 3.88. The third-order valence-corrected chi connectivity index (χ3v) is 3.83. The van der Waals surface area contributed by atoms with Crippen molar-refractivity contribution in [3.05, 3.63) is 0 Å². The van der Waals surface area contributed by atoms with Crippen LogP contribution in [0, 0.1) is 5.92 Å². The van der Waals surface area contributed by atoms with Crippen LogP contribution in [0.5, 0.6) is 0 Å². The van der Waals surface area contributed by atoms with E-state index in [1.807, 2.05) is 0 Å². The van der Waals surface area contributed by atoms with Gasteiger partial charge in [-0.05, 0) is 36.7 Å². The zero-order valence-electron chi connectivity index (χ0n) is 7.64. The Morgan fingerprint density at radius 2 is 1.91 bits per heavy atom. The largest absolute Gasteiger partial charge is 0.162 e. The zero-order valence-corrected chi connectivity index (χ0v) is 8.46. The molecule has 0 aromatic rings. The standard InChI is InChI=1S/C10H20S/c1-2-8-11-9-10-6-4-3-5-7-10/h10H,2-9H2,1H3. The van der Waals surface area contributed by atoms with Gasteiger partial charge in [-0.15, -0.1) is 0 Å². The highest BCUT2D eigenvalue weighted by molar-refractivity contribution is 7.99. The van der Waals surface area contributed by atoms with Gasteiger partial charge in [0.1, 0.15) is 0 Å². The second kappa shape index (κ2) is 5.93. The predicted molar refractivity (Wildman–Crippen MR) is 54.2 cm³/mol. The molecule has 0 atom stereocenters. The van der Waals surface area contributed by atoms with E-state index in [0.29, 0.717) is 0 Å². The Labute approximate surface area is 75.1 Å². The van der Waals surface area contributed by atoms with E-state index < -0.39 is 0 Å². The van der Waals surface area contributed by atoms with Crippen molar-refractivity contribution in [2.45, 2.75) is 45.4 Å². The molecule has 0 heterocycles. The molecule has 0 spiro atoms. The van der Waals surface area contributed by atoms with E-state index in [1.54, 1.807) is 0 Å². The second-order valence-corrected chi connectivity index (χ2v) is 4.73. The van der Waals surface area contributed by atoms with Crippen molar-refractivity contribution < 1.29 is 0 Å². The fraction of sp³-hybridized carbons (Fsp3) is 1.00. The first kappa shape index (κ1) is 9.44. The van der Waals surface area contributed by atoms with Gasteiger partial charge in [0, 0.05) is 0 Å². The molecule has 0 saturated heterocycles. The topological polar surface area (TPSA) is 0 Å². The smallest absolute Gasteiger partial charge is 0.00391 e. The second-order valence-electron chi connectivity index (χ2n) is 3.58. The molecule has 0 bridgehead atoms. The van der Waals surface area contributed by atoms with Gasteiger partial charge in [0.05, 0.1) is 0 Å². The zero-order chi connectivity index (χ0) is 7.94. The summed E-state index contributed by atoms with van der Waals surface area (Å²) in [7, 11) is 0. The molecule has 0 radical (unpaired) electrons. The van der Waals surface area contributed by atoms with Gasteiger partial charge < -0.3 is 0 Å². The van der Waals surface area contributed by atoms with Gasteiger partial charge in [-0.25, -0.2) is 0 Å². The first-order chi connectivity index (χ1) is 5.43. The van der Waals surface area contributed by atoms with E-state index in [2.05, 4.69) is 18.7 Å². The van der Waals surface area contributed by atoms with Crippen molar-refractivity contribution in [1.82, 2.24) is 0 Å².